The Morgan fingerprint density at radius 1 is 1.33 bits per heavy atom. The van der Waals surface area contributed by atoms with Crippen LogP contribution in [0, 0.1) is 6.92 Å². The zero-order chi connectivity index (χ0) is 19.2. The van der Waals surface area contributed by atoms with E-state index in [1.807, 2.05) is 29.5 Å². The molecule has 27 heavy (non-hydrogen) atoms. The second-order valence-corrected chi connectivity index (χ2v) is 8.13. The van der Waals surface area contributed by atoms with Gasteiger partial charge in [-0.15, -0.1) is 0 Å². The van der Waals surface area contributed by atoms with Crippen molar-refractivity contribution in [3.63, 3.8) is 0 Å². The summed E-state index contributed by atoms with van der Waals surface area (Å²) >= 11 is 0. The second kappa shape index (κ2) is 6.87. The van der Waals surface area contributed by atoms with E-state index in [1.165, 1.54) is 0 Å². The summed E-state index contributed by atoms with van der Waals surface area (Å²) in [7, 11) is 0. The standard InChI is InChI=1S/C20H28N4O3/c1-13(2)24-18-16(10-21-24)9-17(15(4)22-18)19(25)23-11-14(3)27-20(12-23)5-7-26-8-6-20/h9-10,13-14H,5-8,11-12H2,1-4H3. The molecule has 7 nitrogen and oxygen atoms in total. The molecular formula is C20H28N4O3. The highest BCUT2D eigenvalue weighted by Crippen LogP contribution is 2.32. The van der Waals surface area contributed by atoms with Crippen molar-refractivity contribution in [2.75, 3.05) is 26.3 Å². The van der Waals surface area contributed by atoms with Gasteiger partial charge in [0.15, 0.2) is 5.65 Å². The zero-order valence-electron chi connectivity index (χ0n) is 16.6. The number of fused-ring (bicyclic) bond motifs is 1. The van der Waals surface area contributed by atoms with Crippen molar-refractivity contribution < 1.29 is 14.3 Å². The number of morpholine rings is 1. The highest BCUT2D eigenvalue weighted by Gasteiger charge is 2.42. The van der Waals surface area contributed by atoms with E-state index in [1.54, 1.807) is 6.20 Å². The maximum absolute atomic E-state index is 13.3. The summed E-state index contributed by atoms with van der Waals surface area (Å²) in [5, 5.41) is 5.33. The van der Waals surface area contributed by atoms with Crippen molar-refractivity contribution in [3.8, 4) is 0 Å². The molecule has 2 fully saturated rings. The van der Waals surface area contributed by atoms with Crippen LogP contribution in [0.3, 0.4) is 0 Å². The number of hydrogen-bond donors (Lipinski definition) is 0. The van der Waals surface area contributed by atoms with Gasteiger partial charge >= 0.3 is 0 Å². The molecule has 0 aromatic carbocycles. The molecule has 146 valence electrons. The molecule has 4 heterocycles. The van der Waals surface area contributed by atoms with Gasteiger partial charge in [-0.25, -0.2) is 9.67 Å². The Kier molecular flexibility index (Phi) is 4.68. The normalized spacial score (nSPS) is 22.7. The zero-order valence-corrected chi connectivity index (χ0v) is 16.6. The summed E-state index contributed by atoms with van der Waals surface area (Å²) in [6, 6.07) is 2.16. The number of nitrogens with zero attached hydrogens (tertiary/aromatic N) is 4. The van der Waals surface area contributed by atoms with Crippen molar-refractivity contribution in [1.29, 1.82) is 0 Å². The average molecular weight is 372 g/mol. The fourth-order valence-corrected chi connectivity index (χ4v) is 4.23. The van der Waals surface area contributed by atoms with E-state index in [0.717, 1.165) is 29.6 Å². The van der Waals surface area contributed by atoms with Crippen molar-refractivity contribution in [2.24, 2.45) is 0 Å². The maximum Gasteiger partial charge on any atom is 0.255 e. The number of carbonyl (C=O) groups excluding carboxylic acids is 1. The Balaban J connectivity index is 1.64. The van der Waals surface area contributed by atoms with Crippen LogP contribution >= 0.6 is 0 Å². The van der Waals surface area contributed by atoms with Crippen LogP contribution in [0.5, 0.6) is 0 Å². The van der Waals surface area contributed by atoms with E-state index in [0.29, 0.717) is 31.9 Å². The summed E-state index contributed by atoms with van der Waals surface area (Å²) in [5.41, 5.74) is 1.95. The first-order chi connectivity index (χ1) is 12.9. The molecule has 1 spiro atoms. The first-order valence-electron chi connectivity index (χ1n) is 9.78. The average Bonchev–Trinajstić information content (AvgIpc) is 3.03. The molecule has 1 unspecified atom stereocenters. The van der Waals surface area contributed by atoms with Crippen LogP contribution in [0.2, 0.25) is 0 Å². The number of aromatic nitrogens is 3. The number of hydrogen-bond acceptors (Lipinski definition) is 5. The lowest BCUT2D eigenvalue weighted by molar-refractivity contribution is -0.176. The maximum atomic E-state index is 13.3. The Morgan fingerprint density at radius 3 is 2.78 bits per heavy atom. The molecule has 2 aliphatic rings. The molecule has 0 aliphatic carbocycles. The highest BCUT2D eigenvalue weighted by molar-refractivity contribution is 5.98. The minimum absolute atomic E-state index is 0.0153. The summed E-state index contributed by atoms with van der Waals surface area (Å²) in [6.07, 6.45) is 3.47. The monoisotopic (exact) mass is 372 g/mol. The van der Waals surface area contributed by atoms with Gasteiger partial charge in [0.05, 0.1) is 35.7 Å². The fraction of sp³-hybridized carbons (Fsp3) is 0.650. The van der Waals surface area contributed by atoms with Gasteiger partial charge in [0, 0.05) is 44.0 Å². The van der Waals surface area contributed by atoms with Gasteiger partial charge in [0.1, 0.15) is 0 Å². The van der Waals surface area contributed by atoms with Crippen LogP contribution < -0.4 is 0 Å². The molecule has 1 atom stereocenters. The number of amides is 1. The van der Waals surface area contributed by atoms with Crippen LogP contribution in [-0.2, 0) is 9.47 Å². The second-order valence-electron chi connectivity index (χ2n) is 8.13. The van der Waals surface area contributed by atoms with E-state index in [9.17, 15) is 4.79 Å². The van der Waals surface area contributed by atoms with E-state index in [4.69, 9.17) is 14.5 Å². The third-order valence-corrected chi connectivity index (χ3v) is 5.58. The Hall–Kier alpha value is -1.99. The molecule has 0 radical (unpaired) electrons. The lowest BCUT2D eigenvalue weighted by Crippen LogP contribution is -2.58. The number of carbonyl (C=O) groups is 1. The number of rotatable bonds is 2. The first-order valence-corrected chi connectivity index (χ1v) is 9.78. The van der Waals surface area contributed by atoms with Crippen molar-refractivity contribution in [2.45, 2.75) is 58.3 Å². The molecule has 0 saturated carbocycles. The molecule has 2 saturated heterocycles. The van der Waals surface area contributed by atoms with Crippen molar-refractivity contribution in [3.05, 3.63) is 23.5 Å². The van der Waals surface area contributed by atoms with E-state index in [2.05, 4.69) is 18.9 Å². The molecule has 4 rings (SSSR count). The Labute approximate surface area is 159 Å². The van der Waals surface area contributed by atoms with Crippen molar-refractivity contribution in [1.82, 2.24) is 19.7 Å². The molecule has 7 heteroatoms. The van der Waals surface area contributed by atoms with E-state index < -0.39 is 0 Å². The highest BCUT2D eigenvalue weighted by atomic mass is 16.5. The predicted octanol–water partition coefficient (Wildman–Crippen LogP) is 2.73. The molecule has 2 aliphatic heterocycles. The van der Waals surface area contributed by atoms with Gasteiger partial charge in [0.2, 0.25) is 0 Å². The summed E-state index contributed by atoms with van der Waals surface area (Å²) in [5.74, 6) is 0.0280. The van der Waals surface area contributed by atoms with Gasteiger partial charge in [0.25, 0.3) is 5.91 Å². The summed E-state index contributed by atoms with van der Waals surface area (Å²) in [4.78, 5) is 20.0. The summed E-state index contributed by atoms with van der Waals surface area (Å²) < 4.78 is 13.7. The van der Waals surface area contributed by atoms with Gasteiger partial charge < -0.3 is 14.4 Å². The molecule has 0 bridgehead atoms. The van der Waals surface area contributed by atoms with E-state index >= 15 is 0 Å². The van der Waals surface area contributed by atoms with Crippen LogP contribution in [0.1, 0.15) is 55.7 Å². The molecule has 1 amide bonds. The topological polar surface area (TPSA) is 69.5 Å². The predicted molar refractivity (Wildman–Crippen MR) is 102 cm³/mol. The first kappa shape index (κ1) is 18.4. The van der Waals surface area contributed by atoms with Crippen LogP contribution in [0.15, 0.2) is 12.3 Å². The smallest absolute Gasteiger partial charge is 0.255 e. The lowest BCUT2D eigenvalue weighted by atomic mass is 9.91. The molecule has 2 aromatic heterocycles. The summed E-state index contributed by atoms with van der Waals surface area (Å²) in [6.45, 7) is 10.7. The van der Waals surface area contributed by atoms with E-state index in [-0.39, 0.29) is 23.7 Å². The SMILES string of the molecule is Cc1nc2c(cnn2C(C)C)cc1C(=O)N1CC(C)OC2(CCOCC2)C1. The number of aryl methyl sites for hydroxylation is 1. The number of pyridine rings is 1. The van der Waals surface area contributed by atoms with Gasteiger partial charge in [-0.3, -0.25) is 4.79 Å². The largest absolute Gasteiger partial charge is 0.381 e. The third kappa shape index (κ3) is 3.34. The van der Waals surface area contributed by atoms with Crippen LogP contribution in [-0.4, -0.2) is 63.6 Å². The van der Waals surface area contributed by atoms with Crippen LogP contribution in [0.4, 0.5) is 0 Å². The quantitative estimate of drug-likeness (QED) is 0.811. The fourth-order valence-electron chi connectivity index (χ4n) is 4.23. The third-order valence-electron chi connectivity index (χ3n) is 5.58. The molecular weight excluding hydrogens is 344 g/mol. The molecule has 0 N–H and O–H groups in total. The minimum Gasteiger partial charge on any atom is -0.381 e. The molecule has 2 aromatic rings. The van der Waals surface area contributed by atoms with Gasteiger partial charge in [-0.1, -0.05) is 0 Å². The van der Waals surface area contributed by atoms with Gasteiger partial charge in [-0.05, 0) is 33.8 Å². The number of ether oxygens (including phenoxy) is 2. The van der Waals surface area contributed by atoms with Crippen molar-refractivity contribution >= 4 is 16.9 Å². The lowest BCUT2D eigenvalue weighted by Gasteiger charge is -2.47. The Bertz CT molecular complexity index is 854. The Morgan fingerprint density at radius 2 is 2.07 bits per heavy atom. The minimum atomic E-state index is -0.278. The van der Waals surface area contributed by atoms with Gasteiger partial charge in [-0.2, -0.15) is 5.10 Å². The van der Waals surface area contributed by atoms with Crippen LogP contribution in [0.25, 0.3) is 11.0 Å².